The number of nitro benzene ring substituents is 1. The Kier molecular flexibility index (Phi) is 5.04. The highest BCUT2D eigenvalue weighted by Crippen LogP contribution is 2.33. The first kappa shape index (κ1) is 15.6. The summed E-state index contributed by atoms with van der Waals surface area (Å²) < 4.78 is 5.55. The maximum absolute atomic E-state index is 11.0. The fourth-order valence-electron chi connectivity index (χ4n) is 2.90. The van der Waals surface area contributed by atoms with Crippen molar-refractivity contribution in [3.8, 4) is 5.75 Å². The zero-order valence-electron chi connectivity index (χ0n) is 13.0. The second-order valence-electron chi connectivity index (χ2n) is 6.27. The van der Waals surface area contributed by atoms with Gasteiger partial charge in [0.15, 0.2) is 5.75 Å². The molecule has 2 rings (SSSR count). The van der Waals surface area contributed by atoms with E-state index in [0.29, 0.717) is 11.7 Å². The minimum atomic E-state index is -0.403. The number of anilines is 1. The van der Waals surface area contributed by atoms with Crippen LogP contribution in [0.3, 0.4) is 0 Å². The van der Waals surface area contributed by atoms with Crippen molar-refractivity contribution in [2.45, 2.75) is 46.1 Å². The van der Waals surface area contributed by atoms with Crippen LogP contribution >= 0.6 is 0 Å². The van der Waals surface area contributed by atoms with Crippen molar-refractivity contribution in [1.29, 1.82) is 0 Å². The van der Waals surface area contributed by atoms with E-state index < -0.39 is 4.92 Å². The van der Waals surface area contributed by atoms with E-state index in [1.54, 1.807) is 12.1 Å². The summed E-state index contributed by atoms with van der Waals surface area (Å²) in [6, 6.07) is 5.00. The first-order valence-corrected chi connectivity index (χ1v) is 7.64. The predicted molar refractivity (Wildman–Crippen MR) is 83.9 cm³/mol. The van der Waals surface area contributed by atoms with E-state index in [1.807, 2.05) is 13.8 Å². The lowest BCUT2D eigenvalue weighted by atomic mass is 10.1. The summed E-state index contributed by atoms with van der Waals surface area (Å²) in [6.45, 7) is 6.94. The Bertz CT molecular complexity index is 502. The molecule has 5 nitrogen and oxygen atoms in total. The Morgan fingerprint density at radius 3 is 2.76 bits per heavy atom. The van der Waals surface area contributed by atoms with Crippen LogP contribution < -0.4 is 10.1 Å². The van der Waals surface area contributed by atoms with E-state index in [1.165, 1.54) is 25.3 Å². The van der Waals surface area contributed by atoms with Gasteiger partial charge in [0.1, 0.15) is 0 Å². The van der Waals surface area contributed by atoms with Crippen molar-refractivity contribution >= 4 is 11.4 Å². The average molecular weight is 292 g/mol. The molecule has 1 aliphatic rings. The Morgan fingerprint density at radius 2 is 2.19 bits per heavy atom. The van der Waals surface area contributed by atoms with Crippen LogP contribution in [-0.4, -0.2) is 17.6 Å². The van der Waals surface area contributed by atoms with Crippen molar-refractivity contribution in [2.24, 2.45) is 11.8 Å². The topological polar surface area (TPSA) is 64.4 Å². The fourth-order valence-corrected chi connectivity index (χ4v) is 2.90. The number of nitro groups is 1. The second kappa shape index (κ2) is 6.78. The predicted octanol–water partition coefficient (Wildman–Crippen LogP) is 4.23. The number of rotatable bonds is 6. The van der Waals surface area contributed by atoms with Gasteiger partial charge >= 0.3 is 5.69 Å². The monoisotopic (exact) mass is 292 g/mol. The van der Waals surface area contributed by atoms with Gasteiger partial charge in [0, 0.05) is 24.4 Å². The summed E-state index contributed by atoms with van der Waals surface area (Å²) in [4.78, 5) is 10.6. The van der Waals surface area contributed by atoms with Crippen LogP contribution in [0.25, 0.3) is 0 Å². The molecule has 116 valence electrons. The molecule has 1 aromatic rings. The van der Waals surface area contributed by atoms with Gasteiger partial charge in [-0.05, 0) is 44.6 Å². The van der Waals surface area contributed by atoms with Gasteiger partial charge in [-0.25, -0.2) is 0 Å². The molecule has 0 saturated heterocycles. The van der Waals surface area contributed by atoms with Crippen molar-refractivity contribution in [2.75, 3.05) is 11.9 Å². The Labute approximate surface area is 125 Å². The molecule has 0 amide bonds. The smallest absolute Gasteiger partial charge is 0.311 e. The van der Waals surface area contributed by atoms with Gasteiger partial charge in [-0.15, -0.1) is 0 Å². The number of nitrogens with one attached hydrogen (secondary N) is 1. The number of ether oxygens (including phenoxy) is 1. The molecule has 1 fully saturated rings. The SMILES string of the molecule is CC1CCC(CNc2ccc([N+](=O)[O-])c(OC(C)C)c2)C1. The third-order valence-corrected chi connectivity index (χ3v) is 3.92. The normalized spacial score (nSPS) is 21.5. The lowest BCUT2D eigenvalue weighted by Gasteiger charge is -2.15. The summed E-state index contributed by atoms with van der Waals surface area (Å²) in [7, 11) is 0. The summed E-state index contributed by atoms with van der Waals surface area (Å²) in [5.74, 6) is 1.85. The van der Waals surface area contributed by atoms with E-state index >= 15 is 0 Å². The fraction of sp³-hybridized carbons (Fsp3) is 0.625. The van der Waals surface area contributed by atoms with Gasteiger partial charge in [-0.3, -0.25) is 10.1 Å². The molecule has 5 heteroatoms. The molecule has 0 bridgehead atoms. The molecule has 1 aromatic carbocycles. The Balaban J connectivity index is 2.04. The minimum absolute atomic E-state index is 0.0174. The van der Waals surface area contributed by atoms with Crippen molar-refractivity contribution in [3.63, 3.8) is 0 Å². The van der Waals surface area contributed by atoms with Gasteiger partial charge in [-0.2, -0.15) is 0 Å². The van der Waals surface area contributed by atoms with Crippen LogP contribution in [0.15, 0.2) is 18.2 Å². The van der Waals surface area contributed by atoms with Gasteiger partial charge in [0.25, 0.3) is 0 Å². The van der Waals surface area contributed by atoms with Crippen LogP contribution in [-0.2, 0) is 0 Å². The molecule has 0 aromatic heterocycles. The van der Waals surface area contributed by atoms with Crippen molar-refractivity contribution in [1.82, 2.24) is 0 Å². The van der Waals surface area contributed by atoms with Crippen LogP contribution in [0, 0.1) is 22.0 Å². The zero-order chi connectivity index (χ0) is 15.4. The number of hydrogen-bond acceptors (Lipinski definition) is 4. The maximum atomic E-state index is 11.0. The van der Waals surface area contributed by atoms with Crippen LogP contribution in [0.1, 0.15) is 40.0 Å². The summed E-state index contributed by atoms with van der Waals surface area (Å²) in [6.07, 6.45) is 3.73. The highest BCUT2D eigenvalue weighted by atomic mass is 16.6. The largest absolute Gasteiger partial charge is 0.484 e. The first-order chi connectivity index (χ1) is 9.95. The lowest BCUT2D eigenvalue weighted by molar-refractivity contribution is -0.386. The van der Waals surface area contributed by atoms with Crippen LogP contribution in [0.5, 0.6) is 5.75 Å². The van der Waals surface area contributed by atoms with E-state index in [0.717, 1.165) is 18.2 Å². The molecule has 21 heavy (non-hydrogen) atoms. The molecule has 0 spiro atoms. The number of benzene rings is 1. The molecule has 1 N–H and O–H groups in total. The van der Waals surface area contributed by atoms with E-state index in [-0.39, 0.29) is 11.8 Å². The van der Waals surface area contributed by atoms with Gasteiger partial charge in [-0.1, -0.05) is 13.3 Å². The molecule has 0 radical (unpaired) electrons. The zero-order valence-corrected chi connectivity index (χ0v) is 13.0. The van der Waals surface area contributed by atoms with Crippen molar-refractivity contribution in [3.05, 3.63) is 28.3 Å². The van der Waals surface area contributed by atoms with E-state index in [4.69, 9.17) is 4.74 Å². The third kappa shape index (κ3) is 4.34. The third-order valence-electron chi connectivity index (χ3n) is 3.92. The number of hydrogen-bond donors (Lipinski definition) is 1. The molecule has 0 heterocycles. The molecule has 0 aliphatic heterocycles. The average Bonchev–Trinajstić information content (AvgIpc) is 2.81. The lowest BCUT2D eigenvalue weighted by Crippen LogP contribution is -2.12. The molecule has 1 aliphatic carbocycles. The van der Waals surface area contributed by atoms with Gasteiger partial charge in [0.05, 0.1) is 11.0 Å². The first-order valence-electron chi connectivity index (χ1n) is 7.64. The maximum Gasteiger partial charge on any atom is 0.311 e. The number of nitrogens with zero attached hydrogens (tertiary/aromatic N) is 1. The van der Waals surface area contributed by atoms with Gasteiger partial charge in [0.2, 0.25) is 0 Å². The molecule has 2 unspecified atom stereocenters. The quantitative estimate of drug-likeness (QED) is 0.629. The highest BCUT2D eigenvalue weighted by molar-refractivity contribution is 5.58. The molecule has 2 atom stereocenters. The molecular weight excluding hydrogens is 268 g/mol. The van der Waals surface area contributed by atoms with Gasteiger partial charge < -0.3 is 10.1 Å². The minimum Gasteiger partial charge on any atom is -0.484 e. The van der Waals surface area contributed by atoms with Crippen molar-refractivity contribution < 1.29 is 9.66 Å². The van der Waals surface area contributed by atoms with Crippen LogP contribution in [0.2, 0.25) is 0 Å². The second-order valence-corrected chi connectivity index (χ2v) is 6.27. The summed E-state index contributed by atoms with van der Waals surface area (Å²) >= 11 is 0. The van der Waals surface area contributed by atoms with Crippen LogP contribution in [0.4, 0.5) is 11.4 Å². The summed E-state index contributed by atoms with van der Waals surface area (Å²) in [5.41, 5.74) is 0.902. The van der Waals surface area contributed by atoms with E-state index in [9.17, 15) is 10.1 Å². The highest BCUT2D eigenvalue weighted by Gasteiger charge is 2.21. The Hall–Kier alpha value is -1.78. The summed E-state index contributed by atoms with van der Waals surface area (Å²) in [5, 5.41) is 14.4. The van der Waals surface area contributed by atoms with E-state index in [2.05, 4.69) is 12.2 Å². The molecule has 1 saturated carbocycles. The standard InChI is InChI=1S/C16H24N2O3/c1-11(2)21-16-9-14(6-7-15(16)18(19)20)17-10-13-5-4-12(3)8-13/h6-7,9,11-13,17H,4-5,8,10H2,1-3H3. The Morgan fingerprint density at radius 1 is 1.43 bits per heavy atom. The molecular formula is C16H24N2O3.